The van der Waals surface area contributed by atoms with Gasteiger partial charge in [0.1, 0.15) is 0 Å². The molecule has 0 saturated carbocycles. The number of alkyl halides is 3. The first-order chi connectivity index (χ1) is 18.4. The second-order valence-electron chi connectivity index (χ2n) is 10.1. The van der Waals surface area contributed by atoms with Gasteiger partial charge in [-0.25, -0.2) is 0 Å². The van der Waals surface area contributed by atoms with Crippen LogP contribution < -0.4 is 5.32 Å². The highest BCUT2D eigenvalue weighted by Crippen LogP contribution is 2.36. The molecule has 206 valence electrons. The Kier molecular flexibility index (Phi) is 7.31. The average molecular weight is 560 g/mol. The fraction of sp³-hybridized carbons (Fsp3) is 0.370. The number of aromatic nitrogens is 2. The van der Waals surface area contributed by atoms with Gasteiger partial charge < -0.3 is 20.4 Å². The second kappa shape index (κ2) is 10.4. The lowest BCUT2D eigenvalue weighted by Crippen LogP contribution is -2.53. The van der Waals surface area contributed by atoms with E-state index in [-0.39, 0.29) is 36.2 Å². The van der Waals surface area contributed by atoms with E-state index in [0.29, 0.717) is 35.2 Å². The number of aliphatic hydroxyl groups excluding tert-OH is 1. The van der Waals surface area contributed by atoms with Crippen LogP contribution in [0.15, 0.2) is 52.5 Å². The number of rotatable bonds is 5. The molecule has 0 aliphatic carbocycles. The number of carbonyl (C=O) groups is 1. The zero-order valence-electron chi connectivity index (χ0n) is 21.4. The summed E-state index contributed by atoms with van der Waals surface area (Å²) in [5.41, 5.74) is -0.601. The van der Waals surface area contributed by atoms with Gasteiger partial charge in [0.2, 0.25) is 0 Å². The Balaban J connectivity index is 1.36. The van der Waals surface area contributed by atoms with E-state index in [1.54, 1.807) is 24.4 Å². The van der Waals surface area contributed by atoms with Crippen LogP contribution in [0.25, 0.3) is 17.0 Å². The Labute approximate surface area is 227 Å². The number of fused-ring (bicyclic) bond motifs is 1. The number of carbonyl (C=O) groups excluding carboxylic acids is 1. The molecular formula is C27H28F3N5O3S. The minimum Gasteiger partial charge on any atom is -0.395 e. The molecular weight excluding hydrogens is 531 g/mol. The van der Waals surface area contributed by atoms with Gasteiger partial charge in [0.15, 0.2) is 5.17 Å². The molecule has 8 nitrogen and oxygen atoms in total. The second-order valence-corrected chi connectivity index (χ2v) is 11.1. The van der Waals surface area contributed by atoms with Crippen molar-refractivity contribution < 1.29 is 28.2 Å². The van der Waals surface area contributed by atoms with Crippen LogP contribution in [0.2, 0.25) is 0 Å². The molecule has 2 aromatic carbocycles. The van der Waals surface area contributed by atoms with E-state index < -0.39 is 17.3 Å². The fourth-order valence-electron chi connectivity index (χ4n) is 4.65. The lowest BCUT2D eigenvalue weighted by atomic mass is 9.93. The van der Waals surface area contributed by atoms with Crippen LogP contribution in [0.4, 0.5) is 13.2 Å². The van der Waals surface area contributed by atoms with E-state index in [2.05, 4.69) is 15.4 Å². The van der Waals surface area contributed by atoms with Crippen molar-refractivity contribution in [2.75, 3.05) is 26.2 Å². The molecule has 12 heteroatoms. The van der Waals surface area contributed by atoms with Crippen molar-refractivity contribution in [3.05, 3.63) is 69.8 Å². The standard InChI is InChI=1S/C27H28F3N5O3S/c1-26(2,38)19-5-4-17(21(11-19)27(28,29)30)13-35-22-6-3-16(9-18(22)12-32-35)10-23-24(37)33-25(39-23)34-8-7-31-20(14-34)15-36/h3-6,9-12,20,31,36,38H,7-8,13-15H2,1-2H3/b23-10-/t20-/m1/s1. The van der Waals surface area contributed by atoms with Crippen LogP contribution in [-0.4, -0.2) is 68.3 Å². The van der Waals surface area contributed by atoms with E-state index in [4.69, 9.17) is 0 Å². The molecule has 1 aromatic heterocycles. The molecule has 5 rings (SSSR count). The molecule has 3 heterocycles. The molecule has 1 amide bonds. The Morgan fingerprint density at radius 1 is 1.21 bits per heavy atom. The summed E-state index contributed by atoms with van der Waals surface area (Å²) in [5.74, 6) is -0.334. The van der Waals surface area contributed by atoms with Crippen LogP contribution >= 0.6 is 11.8 Å². The lowest BCUT2D eigenvalue weighted by Gasteiger charge is -2.33. The first kappa shape index (κ1) is 27.4. The van der Waals surface area contributed by atoms with Gasteiger partial charge in [-0.3, -0.25) is 9.48 Å². The van der Waals surface area contributed by atoms with Gasteiger partial charge in [-0.15, -0.1) is 0 Å². The highest BCUT2D eigenvalue weighted by Gasteiger charge is 2.35. The number of nitrogens with one attached hydrogen (secondary N) is 1. The SMILES string of the molecule is CC(C)(O)c1ccc(Cn2ncc3cc(/C=C4\SC(N5CCN[C@@H](CO)C5)=NC4=O)ccc32)c(C(F)(F)F)c1. The average Bonchev–Trinajstić information content (AvgIpc) is 3.45. The van der Waals surface area contributed by atoms with Crippen molar-refractivity contribution in [1.29, 1.82) is 0 Å². The van der Waals surface area contributed by atoms with E-state index in [1.807, 2.05) is 11.0 Å². The maximum atomic E-state index is 13.8. The van der Waals surface area contributed by atoms with Crippen LogP contribution in [0.5, 0.6) is 0 Å². The molecule has 0 unspecified atom stereocenters. The third-order valence-electron chi connectivity index (χ3n) is 6.76. The van der Waals surface area contributed by atoms with E-state index in [9.17, 15) is 28.2 Å². The third kappa shape index (κ3) is 5.88. The van der Waals surface area contributed by atoms with Crippen LogP contribution in [0.1, 0.15) is 36.1 Å². The van der Waals surface area contributed by atoms with E-state index in [0.717, 1.165) is 17.0 Å². The number of aliphatic imine (C=N–C) groups is 1. The zero-order valence-corrected chi connectivity index (χ0v) is 22.2. The molecule has 0 spiro atoms. The Hall–Kier alpha value is -3.19. The number of thioether (sulfide) groups is 1. The topological polar surface area (TPSA) is 103 Å². The molecule has 0 radical (unpaired) electrons. The van der Waals surface area contributed by atoms with Gasteiger partial charge in [-0.1, -0.05) is 18.2 Å². The van der Waals surface area contributed by atoms with Gasteiger partial charge in [-0.2, -0.15) is 23.3 Å². The fourth-order valence-corrected chi connectivity index (χ4v) is 5.60. The summed E-state index contributed by atoms with van der Waals surface area (Å²) >= 11 is 1.28. The summed E-state index contributed by atoms with van der Waals surface area (Å²) in [5, 5.41) is 28.5. The minimum absolute atomic E-state index is 0.00243. The highest BCUT2D eigenvalue weighted by atomic mass is 32.2. The molecule has 3 N–H and O–H groups in total. The molecule has 2 aliphatic rings. The third-order valence-corrected chi connectivity index (χ3v) is 7.81. The molecule has 1 saturated heterocycles. The lowest BCUT2D eigenvalue weighted by molar-refractivity contribution is -0.138. The van der Waals surface area contributed by atoms with Crippen molar-refractivity contribution in [2.24, 2.45) is 4.99 Å². The van der Waals surface area contributed by atoms with Gasteiger partial charge in [-0.05, 0) is 66.6 Å². The predicted molar refractivity (Wildman–Crippen MR) is 144 cm³/mol. The quantitative estimate of drug-likeness (QED) is 0.411. The molecule has 1 fully saturated rings. The summed E-state index contributed by atoms with van der Waals surface area (Å²) in [4.78, 5) is 19.2. The van der Waals surface area contributed by atoms with Crippen molar-refractivity contribution in [1.82, 2.24) is 20.0 Å². The van der Waals surface area contributed by atoms with Gasteiger partial charge in [0.25, 0.3) is 5.91 Å². The number of nitrogens with zero attached hydrogens (tertiary/aromatic N) is 4. The van der Waals surface area contributed by atoms with Crippen LogP contribution in [0, 0.1) is 0 Å². The number of hydrogen-bond donors (Lipinski definition) is 3. The van der Waals surface area contributed by atoms with Crippen LogP contribution in [-0.2, 0) is 23.1 Å². The van der Waals surface area contributed by atoms with Crippen molar-refractivity contribution >= 4 is 39.8 Å². The van der Waals surface area contributed by atoms with E-state index >= 15 is 0 Å². The van der Waals surface area contributed by atoms with Crippen molar-refractivity contribution in [3.63, 3.8) is 0 Å². The first-order valence-electron chi connectivity index (χ1n) is 12.4. The molecule has 39 heavy (non-hydrogen) atoms. The number of hydrogen-bond acceptors (Lipinski definition) is 7. The van der Waals surface area contributed by atoms with E-state index in [1.165, 1.54) is 42.4 Å². The summed E-state index contributed by atoms with van der Waals surface area (Å²) < 4.78 is 43.0. The first-order valence-corrected chi connectivity index (χ1v) is 13.2. The summed E-state index contributed by atoms with van der Waals surface area (Å²) in [6, 6.07) is 9.17. The van der Waals surface area contributed by atoms with Gasteiger partial charge in [0, 0.05) is 31.1 Å². The number of halogens is 3. The monoisotopic (exact) mass is 559 g/mol. The van der Waals surface area contributed by atoms with Gasteiger partial charge >= 0.3 is 6.18 Å². The van der Waals surface area contributed by atoms with Gasteiger partial charge in [0.05, 0.1) is 40.9 Å². The number of benzene rings is 2. The highest BCUT2D eigenvalue weighted by molar-refractivity contribution is 8.18. The van der Waals surface area contributed by atoms with Crippen LogP contribution in [0.3, 0.4) is 0 Å². The predicted octanol–water partition coefficient (Wildman–Crippen LogP) is 3.57. The smallest absolute Gasteiger partial charge is 0.395 e. The molecule has 2 aliphatic heterocycles. The number of piperazine rings is 1. The molecule has 3 aromatic rings. The Morgan fingerprint density at radius 3 is 2.72 bits per heavy atom. The molecule has 1 atom stereocenters. The summed E-state index contributed by atoms with van der Waals surface area (Å²) in [6.45, 7) is 4.72. The molecule has 0 bridgehead atoms. The Morgan fingerprint density at radius 2 is 2.00 bits per heavy atom. The normalized spacial score (nSPS) is 19.8. The van der Waals surface area contributed by atoms with Crippen molar-refractivity contribution in [2.45, 2.75) is 38.2 Å². The Bertz CT molecular complexity index is 1480. The number of amidine groups is 1. The largest absolute Gasteiger partial charge is 0.416 e. The summed E-state index contributed by atoms with van der Waals surface area (Å²) in [6.07, 6.45) is -1.27. The number of amides is 1. The summed E-state index contributed by atoms with van der Waals surface area (Å²) in [7, 11) is 0. The maximum absolute atomic E-state index is 13.8. The zero-order chi connectivity index (χ0) is 27.9. The maximum Gasteiger partial charge on any atom is 0.416 e. The van der Waals surface area contributed by atoms with Crippen molar-refractivity contribution in [3.8, 4) is 0 Å². The minimum atomic E-state index is -4.59. The number of aliphatic hydroxyl groups is 2.